The van der Waals surface area contributed by atoms with Gasteiger partial charge in [-0.3, -0.25) is 14.5 Å². The Morgan fingerprint density at radius 2 is 1.85 bits per heavy atom. The van der Waals surface area contributed by atoms with Gasteiger partial charge in [-0.1, -0.05) is 12.1 Å². The van der Waals surface area contributed by atoms with Crippen molar-refractivity contribution in [2.24, 2.45) is 0 Å². The fourth-order valence-corrected chi connectivity index (χ4v) is 2.88. The van der Waals surface area contributed by atoms with Crippen molar-refractivity contribution in [1.82, 2.24) is 15.1 Å². The number of nitrogens with zero attached hydrogens (tertiary/aromatic N) is 2. The number of furan rings is 1. The fraction of sp³-hybridized carbons (Fsp3) is 0.368. The van der Waals surface area contributed by atoms with E-state index in [9.17, 15) is 9.59 Å². The average molecular weight is 357 g/mol. The molecule has 0 unspecified atom stereocenters. The molecule has 1 aliphatic rings. The molecule has 0 spiro atoms. The molecule has 0 bridgehead atoms. The molecule has 1 N–H and O–H groups in total. The molecule has 26 heavy (non-hydrogen) atoms. The Morgan fingerprint density at radius 3 is 2.46 bits per heavy atom. The molecule has 138 valence electrons. The average Bonchev–Trinajstić information content (AvgIpc) is 3.21. The van der Waals surface area contributed by atoms with Gasteiger partial charge >= 0.3 is 0 Å². The van der Waals surface area contributed by atoms with Crippen LogP contribution in [-0.4, -0.2) is 61.4 Å². The van der Waals surface area contributed by atoms with E-state index in [1.54, 1.807) is 18.1 Å². The molecule has 1 fully saturated rings. The lowest BCUT2D eigenvalue weighted by atomic mass is 10.2. The highest BCUT2D eigenvalue weighted by Crippen LogP contribution is 2.11. The summed E-state index contributed by atoms with van der Waals surface area (Å²) in [6.07, 6.45) is 2.96. The van der Waals surface area contributed by atoms with Gasteiger partial charge in [-0.05, 0) is 23.8 Å². The summed E-state index contributed by atoms with van der Waals surface area (Å²) in [7, 11) is 1.62. The van der Waals surface area contributed by atoms with E-state index in [4.69, 9.17) is 9.15 Å². The predicted octanol–water partition coefficient (Wildman–Crippen LogP) is 1.36. The molecule has 2 heterocycles. The maximum absolute atomic E-state index is 12.3. The summed E-state index contributed by atoms with van der Waals surface area (Å²) in [5, 5.41) is 2.93. The van der Waals surface area contributed by atoms with Gasteiger partial charge in [0.25, 0.3) is 5.91 Å². The summed E-state index contributed by atoms with van der Waals surface area (Å²) in [6.45, 7) is 3.40. The first-order chi connectivity index (χ1) is 12.7. The summed E-state index contributed by atoms with van der Waals surface area (Å²) >= 11 is 0. The molecule has 7 heteroatoms. The molecule has 1 aromatic carbocycles. The van der Waals surface area contributed by atoms with E-state index in [-0.39, 0.29) is 11.8 Å². The summed E-state index contributed by atoms with van der Waals surface area (Å²) in [5.41, 5.74) is 1.59. The number of nitrogens with one attached hydrogen (secondary N) is 1. The summed E-state index contributed by atoms with van der Waals surface area (Å²) in [5.74, 6) is 0.751. The number of hydrogen-bond donors (Lipinski definition) is 1. The van der Waals surface area contributed by atoms with Crippen LogP contribution in [0, 0.1) is 0 Å². The van der Waals surface area contributed by atoms with Gasteiger partial charge in [0.2, 0.25) is 5.91 Å². The maximum Gasteiger partial charge on any atom is 0.257 e. The molecule has 1 aliphatic heterocycles. The number of piperazine rings is 1. The number of rotatable bonds is 6. The van der Waals surface area contributed by atoms with Gasteiger partial charge in [-0.2, -0.15) is 0 Å². The third-order valence-corrected chi connectivity index (χ3v) is 4.44. The molecular weight excluding hydrogens is 334 g/mol. The van der Waals surface area contributed by atoms with Crippen LogP contribution in [0.2, 0.25) is 0 Å². The van der Waals surface area contributed by atoms with Crippen LogP contribution < -0.4 is 10.1 Å². The zero-order valence-electron chi connectivity index (χ0n) is 14.8. The van der Waals surface area contributed by atoms with Gasteiger partial charge < -0.3 is 19.4 Å². The predicted molar refractivity (Wildman–Crippen MR) is 95.9 cm³/mol. The van der Waals surface area contributed by atoms with E-state index in [0.29, 0.717) is 44.8 Å². The molecule has 0 aliphatic carbocycles. The lowest BCUT2D eigenvalue weighted by Crippen LogP contribution is -2.51. The quantitative estimate of drug-likeness (QED) is 0.845. The number of benzene rings is 1. The van der Waals surface area contributed by atoms with Crippen LogP contribution in [0.5, 0.6) is 5.75 Å². The molecular formula is C19H23N3O4. The van der Waals surface area contributed by atoms with Crippen LogP contribution >= 0.6 is 0 Å². The third kappa shape index (κ3) is 4.64. The van der Waals surface area contributed by atoms with Gasteiger partial charge in [0.1, 0.15) is 12.0 Å². The Hall–Kier alpha value is -2.80. The number of carbonyl (C=O) groups is 2. The molecule has 0 radical (unpaired) electrons. The molecule has 1 aromatic heterocycles. The van der Waals surface area contributed by atoms with Crippen molar-refractivity contribution in [3.05, 3.63) is 54.0 Å². The van der Waals surface area contributed by atoms with E-state index >= 15 is 0 Å². The van der Waals surface area contributed by atoms with Crippen molar-refractivity contribution in [3.63, 3.8) is 0 Å². The van der Waals surface area contributed by atoms with Crippen LogP contribution in [0.3, 0.4) is 0 Å². The molecule has 1 saturated heterocycles. The zero-order chi connectivity index (χ0) is 18.4. The molecule has 0 atom stereocenters. The Labute approximate surface area is 152 Å². The Bertz CT molecular complexity index is 720. The van der Waals surface area contributed by atoms with Crippen LogP contribution in [0.1, 0.15) is 15.9 Å². The second-order valence-electron chi connectivity index (χ2n) is 6.21. The first-order valence-corrected chi connectivity index (χ1v) is 8.59. The number of amides is 2. The number of methoxy groups -OCH3 is 1. The summed E-state index contributed by atoms with van der Waals surface area (Å²) < 4.78 is 10.1. The number of ether oxygens (including phenoxy) is 1. The third-order valence-electron chi connectivity index (χ3n) is 4.44. The maximum atomic E-state index is 12.3. The Morgan fingerprint density at radius 1 is 1.12 bits per heavy atom. The van der Waals surface area contributed by atoms with Crippen molar-refractivity contribution in [2.75, 3.05) is 39.8 Å². The molecule has 7 nitrogen and oxygen atoms in total. The van der Waals surface area contributed by atoms with Crippen LogP contribution in [0.25, 0.3) is 0 Å². The standard InChI is InChI=1S/C19H23N3O4/c1-25-17-4-2-15(3-5-17)12-20-18(23)13-21-7-9-22(10-8-21)19(24)16-6-11-26-14-16/h2-6,11,14H,7-10,12-13H2,1H3,(H,20,23). The van der Waals surface area contributed by atoms with Gasteiger partial charge in [-0.25, -0.2) is 0 Å². The van der Waals surface area contributed by atoms with Crippen molar-refractivity contribution in [1.29, 1.82) is 0 Å². The van der Waals surface area contributed by atoms with E-state index in [0.717, 1.165) is 11.3 Å². The summed E-state index contributed by atoms with van der Waals surface area (Å²) in [6, 6.07) is 9.27. The highest BCUT2D eigenvalue weighted by atomic mass is 16.5. The minimum absolute atomic E-state index is 0.0181. The zero-order valence-corrected chi connectivity index (χ0v) is 14.8. The van der Waals surface area contributed by atoms with Gasteiger partial charge in [0.15, 0.2) is 0 Å². The van der Waals surface area contributed by atoms with E-state index in [2.05, 4.69) is 10.2 Å². The number of hydrogen-bond acceptors (Lipinski definition) is 5. The van der Waals surface area contributed by atoms with Crippen molar-refractivity contribution < 1.29 is 18.7 Å². The van der Waals surface area contributed by atoms with Crippen LogP contribution in [-0.2, 0) is 11.3 Å². The Kier molecular flexibility index (Phi) is 5.91. The first-order valence-electron chi connectivity index (χ1n) is 8.59. The fourth-order valence-electron chi connectivity index (χ4n) is 2.88. The van der Waals surface area contributed by atoms with Crippen molar-refractivity contribution in [2.45, 2.75) is 6.54 Å². The van der Waals surface area contributed by atoms with Gasteiger partial charge in [0.05, 0.1) is 25.5 Å². The highest BCUT2D eigenvalue weighted by Gasteiger charge is 2.23. The minimum atomic E-state index is -0.0256. The first kappa shape index (κ1) is 18.0. The largest absolute Gasteiger partial charge is 0.497 e. The number of carbonyl (C=O) groups excluding carboxylic acids is 2. The van der Waals surface area contributed by atoms with Crippen LogP contribution in [0.4, 0.5) is 0 Å². The monoisotopic (exact) mass is 357 g/mol. The summed E-state index contributed by atoms with van der Waals surface area (Å²) in [4.78, 5) is 28.2. The SMILES string of the molecule is COc1ccc(CNC(=O)CN2CCN(C(=O)c3ccoc3)CC2)cc1. The second kappa shape index (κ2) is 8.53. The van der Waals surface area contributed by atoms with E-state index < -0.39 is 0 Å². The van der Waals surface area contributed by atoms with Gasteiger partial charge in [-0.15, -0.1) is 0 Å². The lowest BCUT2D eigenvalue weighted by molar-refractivity contribution is -0.122. The van der Waals surface area contributed by atoms with E-state index in [1.165, 1.54) is 12.5 Å². The van der Waals surface area contributed by atoms with Crippen LogP contribution in [0.15, 0.2) is 47.3 Å². The molecule has 0 saturated carbocycles. The molecule has 3 rings (SSSR count). The smallest absolute Gasteiger partial charge is 0.257 e. The lowest BCUT2D eigenvalue weighted by Gasteiger charge is -2.34. The second-order valence-corrected chi connectivity index (χ2v) is 6.21. The van der Waals surface area contributed by atoms with E-state index in [1.807, 2.05) is 24.3 Å². The Balaban J connectivity index is 1.39. The van der Waals surface area contributed by atoms with Crippen molar-refractivity contribution >= 4 is 11.8 Å². The highest BCUT2D eigenvalue weighted by molar-refractivity contribution is 5.93. The topological polar surface area (TPSA) is 75.0 Å². The minimum Gasteiger partial charge on any atom is -0.497 e. The molecule has 2 amide bonds. The molecule has 2 aromatic rings. The van der Waals surface area contributed by atoms with Gasteiger partial charge in [0, 0.05) is 32.7 Å². The van der Waals surface area contributed by atoms with Crippen molar-refractivity contribution in [3.8, 4) is 5.75 Å². The normalized spacial score (nSPS) is 14.9.